The average Bonchev–Trinajstić information content (AvgIpc) is 3.26. The van der Waals surface area contributed by atoms with Gasteiger partial charge < -0.3 is 47.7 Å². The molecule has 3 rings (SSSR count). The number of methoxy groups -OCH3 is 2. The zero-order valence-electron chi connectivity index (χ0n) is 34.9. The molecular weight excluding hydrogens is 737 g/mol. The van der Waals surface area contributed by atoms with Gasteiger partial charge in [-0.05, 0) is 72.5 Å². The lowest BCUT2D eigenvalue weighted by Crippen LogP contribution is -2.27. The molecule has 0 radical (unpaired) electrons. The van der Waals surface area contributed by atoms with Crippen LogP contribution in [0, 0.1) is 22.7 Å². The maximum absolute atomic E-state index is 10.0. The monoisotopic (exact) mass is 798 g/mol. The van der Waals surface area contributed by atoms with Crippen LogP contribution < -0.4 is 9.80 Å². The Morgan fingerprint density at radius 1 is 0.448 bits per heavy atom. The van der Waals surface area contributed by atoms with Crippen molar-refractivity contribution in [3.05, 3.63) is 94.0 Å². The van der Waals surface area contributed by atoms with Gasteiger partial charge in [-0.1, -0.05) is 48.6 Å². The van der Waals surface area contributed by atoms with Crippen molar-refractivity contribution in [2.24, 2.45) is 0 Å². The van der Waals surface area contributed by atoms with E-state index in [2.05, 4.69) is 60.1 Å². The Kier molecular flexibility index (Phi) is 25.1. The van der Waals surface area contributed by atoms with E-state index in [0.717, 1.165) is 48.7 Å². The van der Waals surface area contributed by atoms with Crippen LogP contribution in [-0.4, -0.2) is 133 Å². The van der Waals surface area contributed by atoms with Crippen LogP contribution in [0.15, 0.2) is 60.7 Å². The van der Waals surface area contributed by atoms with Crippen molar-refractivity contribution in [1.29, 1.82) is 10.5 Å². The fourth-order valence-electron chi connectivity index (χ4n) is 5.72. The molecule has 0 atom stereocenters. The van der Waals surface area contributed by atoms with Gasteiger partial charge in [0.1, 0.15) is 0 Å². The molecule has 0 amide bonds. The average molecular weight is 799 g/mol. The van der Waals surface area contributed by atoms with Crippen LogP contribution in [-0.2, 0) is 37.9 Å². The predicted molar refractivity (Wildman–Crippen MR) is 231 cm³/mol. The molecule has 0 heterocycles. The van der Waals surface area contributed by atoms with Crippen LogP contribution in [0.3, 0.4) is 0 Å². The molecule has 0 saturated carbocycles. The molecule has 0 aliphatic carbocycles. The summed E-state index contributed by atoms with van der Waals surface area (Å²) in [5.41, 5.74) is 6.57. The van der Waals surface area contributed by atoms with Crippen LogP contribution in [0.1, 0.15) is 47.2 Å². The van der Waals surface area contributed by atoms with Crippen LogP contribution in [0.5, 0.6) is 0 Å². The van der Waals surface area contributed by atoms with E-state index in [0.29, 0.717) is 115 Å². The molecule has 0 bridgehead atoms. The minimum Gasteiger partial charge on any atom is -0.382 e. The number of nitrogens with zero attached hydrogens (tertiary/aromatic N) is 4. The van der Waals surface area contributed by atoms with Gasteiger partial charge in [0, 0.05) is 51.8 Å². The molecule has 12 nitrogen and oxygen atoms in total. The first-order valence-electron chi connectivity index (χ1n) is 20.1. The second kappa shape index (κ2) is 30.5. The minimum atomic E-state index is 0.499. The summed E-state index contributed by atoms with van der Waals surface area (Å²) in [6.45, 7) is 15.2. The summed E-state index contributed by atoms with van der Waals surface area (Å²) in [5.74, 6) is 0. The number of hydrogen-bond acceptors (Lipinski definition) is 12. The fourth-order valence-corrected chi connectivity index (χ4v) is 5.72. The first-order chi connectivity index (χ1) is 28.6. The Bertz CT molecular complexity index is 1560. The fraction of sp³-hybridized carbons (Fsp3) is 0.478. The molecule has 0 spiro atoms. The Balaban J connectivity index is 1.48. The van der Waals surface area contributed by atoms with Crippen LogP contribution in [0.25, 0.3) is 24.3 Å². The highest BCUT2D eigenvalue weighted by atomic mass is 16.6. The molecule has 12 heteroatoms. The SMILES string of the molecule is CCN(CCOCCOCCOCCOC)c1ccc(/C=C/c2cc(C#N)c(/C=C/c3ccc(N(CC)CCOCCOCCOCCOC)cc3)cc2C#N)cc1. The normalized spacial score (nSPS) is 11.3. The highest BCUT2D eigenvalue weighted by molar-refractivity contribution is 5.79. The number of likely N-dealkylation sites (N-methyl/N-ethyl adjacent to an activating group) is 2. The standard InChI is InChI=1S/C46H62N4O8/c1-5-49(19-21-53-27-29-57-33-31-55-25-23-51-3)45-15-9-39(10-16-45)7-13-41-35-44(38-48)42(36-43(41)37-47)14-8-40-11-17-46(18-12-40)50(6-2)20-22-54-28-30-58-34-32-56-26-24-52-4/h7-18,35-36H,5-6,19-34H2,1-4H3/b13-7+,14-8+. The van der Waals surface area contributed by atoms with Gasteiger partial charge in [0.25, 0.3) is 0 Å². The molecule has 3 aromatic rings. The third-order valence-electron chi connectivity index (χ3n) is 9.02. The number of nitriles is 2. The number of benzene rings is 3. The molecular formula is C46H62N4O8. The van der Waals surface area contributed by atoms with Gasteiger partial charge in [-0.2, -0.15) is 10.5 Å². The van der Waals surface area contributed by atoms with Gasteiger partial charge in [0.15, 0.2) is 0 Å². The Hall–Kier alpha value is -4.60. The first kappa shape index (κ1) is 47.8. The van der Waals surface area contributed by atoms with Crippen molar-refractivity contribution in [3.63, 3.8) is 0 Å². The van der Waals surface area contributed by atoms with E-state index in [9.17, 15) is 10.5 Å². The molecule has 0 aliphatic rings. The van der Waals surface area contributed by atoms with E-state index >= 15 is 0 Å². The van der Waals surface area contributed by atoms with E-state index < -0.39 is 0 Å². The van der Waals surface area contributed by atoms with Gasteiger partial charge in [-0.15, -0.1) is 0 Å². The highest BCUT2D eigenvalue weighted by Gasteiger charge is 2.09. The molecule has 0 aromatic heterocycles. The van der Waals surface area contributed by atoms with E-state index in [4.69, 9.17) is 37.9 Å². The number of ether oxygens (including phenoxy) is 8. The molecule has 58 heavy (non-hydrogen) atoms. The van der Waals surface area contributed by atoms with Crippen molar-refractivity contribution in [3.8, 4) is 12.1 Å². The maximum Gasteiger partial charge on any atom is 0.0998 e. The maximum atomic E-state index is 10.0. The Morgan fingerprint density at radius 3 is 1.05 bits per heavy atom. The topological polar surface area (TPSA) is 128 Å². The van der Waals surface area contributed by atoms with Crippen molar-refractivity contribution < 1.29 is 37.9 Å². The first-order valence-corrected chi connectivity index (χ1v) is 20.1. The lowest BCUT2D eigenvalue weighted by Gasteiger charge is -2.23. The predicted octanol–water partition coefficient (Wildman–Crippen LogP) is 6.82. The lowest BCUT2D eigenvalue weighted by molar-refractivity contribution is 0.00456. The number of hydrogen-bond donors (Lipinski definition) is 0. The summed E-state index contributed by atoms with van der Waals surface area (Å²) in [4.78, 5) is 4.51. The second-order valence-electron chi connectivity index (χ2n) is 12.9. The lowest BCUT2D eigenvalue weighted by atomic mass is 9.97. The number of rotatable bonds is 32. The van der Waals surface area contributed by atoms with Crippen LogP contribution in [0.2, 0.25) is 0 Å². The molecule has 3 aromatic carbocycles. The smallest absolute Gasteiger partial charge is 0.0998 e. The van der Waals surface area contributed by atoms with Gasteiger partial charge in [0.2, 0.25) is 0 Å². The molecule has 314 valence electrons. The molecule has 0 unspecified atom stereocenters. The molecule has 0 N–H and O–H groups in total. The minimum absolute atomic E-state index is 0.499. The van der Waals surface area contributed by atoms with Crippen molar-refractivity contribution in [1.82, 2.24) is 0 Å². The van der Waals surface area contributed by atoms with E-state index in [1.165, 1.54) is 0 Å². The Morgan fingerprint density at radius 2 is 0.759 bits per heavy atom. The summed E-state index contributed by atoms with van der Waals surface area (Å²) in [7, 11) is 3.30. The number of anilines is 2. The quantitative estimate of drug-likeness (QED) is 0.0486. The second-order valence-corrected chi connectivity index (χ2v) is 12.9. The largest absolute Gasteiger partial charge is 0.382 e. The van der Waals surface area contributed by atoms with E-state index in [1.54, 1.807) is 26.4 Å². The third-order valence-corrected chi connectivity index (χ3v) is 9.02. The van der Waals surface area contributed by atoms with E-state index in [-0.39, 0.29) is 0 Å². The molecule has 0 saturated heterocycles. The van der Waals surface area contributed by atoms with Crippen LogP contribution in [0.4, 0.5) is 11.4 Å². The Labute approximate surface area is 346 Å². The third kappa shape index (κ3) is 18.8. The van der Waals surface area contributed by atoms with Gasteiger partial charge >= 0.3 is 0 Å². The zero-order valence-corrected chi connectivity index (χ0v) is 34.9. The zero-order chi connectivity index (χ0) is 41.5. The van der Waals surface area contributed by atoms with Crippen molar-refractivity contribution in [2.75, 3.05) is 143 Å². The van der Waals surface area contributed by atoms with E-state index in [1.807, 2.05) is 48.6 Å². The van der Waals surface area contributed by atoms with Crippen molar-refractivity contribution in [2.45, 2.75) is 13.8 Å². The highest BCUT2D eigenvalue weighted by Crippen LogP contribution is 2.23. The summed E-state index contributed by atoms with van der Waals surface area (Å²) in [5, 5.41) is 20.0. The summed E-state index contributed by atoms with van der Waals surface area (Å²) >= 11 is 0. The molecule has 0 aliphatic heterocycles. The van der Waals surface area contributed by atoms with Gasteiger partial charge in [0.05, 0.1) is 116 Å². The summed E-state index contributed by atoms with van der Waals surface area (Å²) < 4.78 is 43.3. The summed E-state index contributed by atoms with van der Waals surface area (Å²) in [6.07, 6.45) is 7.70. The van der Waals surface area contributed by atoms with Crippen LogP contribution >= 0.6 is 0 Å². The van der Waals surface area contributed by atoms with Gasteiger partial charge in [-0.25, -0.2) is 0 Å². The van der Waals surface area contributed by atoms with Crippen molar-refractivity contribution >= 4 is 35.7 Å². The van der Waals surface area contributed by atoms with Gasteiger partial charge in [-0.3, -0.25) is 0 Å². The summed E-state index contributed by atoms with van der Waals surface area (Å²) in [6, 6.07) is 24.7. The molecule has 0 fully saturated rings.